The van der Waals surface area contributed by atoms with E-state index in [-0.39, 0.29) is 0 Å². The first-order valence-corrected chi connectivity index (χ1v) is 2.64. The van der Waals surface area contributed by atoms with Crippen LogP contribution in [-0.4, -0.2) is 6.18 Å². The third-order valence-corrected chi connectivity index (χ3v) is 0.597. The van der Waals surface area contributed by atoms with Gasteiger partial charge in [0.05, 0.1) is 6.42 Å². The Hall–Kier alpha value is -0.210. The molecule has 0 rings (SSSR count). The van der Waals surface area contributed by atoms with Crippen LogP contribution in [0.4, 0.5) is 13.2 Å². The average Bonchev–Trinajstić information content (AvgIpc) is 1.14. The van der Waals surface area contributed by atoms with Crippen LogP contribution in [0.5, 0.6) is 0 Å². The van der Waals surface area contributed by atoms with E-state index in [1.807, 2.05) is 0 Å². The lowest BCUT2D eigenvalue weighted by Crippen LogP contribution is -2.19. The Kier molecular flexibility index (Phi) is 2.14. The summed E-state index contributed by atoms with van der Waals surface area (Å²) in [6, 6.07) is 0. The summed E-state index contributed by atoms with van der Waals surface area (Å²) >= 11 is 0. The summed E-state index contributed by atoms with van der Waals surface area (Å²) in [6.07, 6.45) is -3.77. The van der Waals surface area contributed by atoms with Crippen LogP contribution in [0.15, 0.2) is 0 Å². The number of hydrogen-bond donors (Lipinski definition) is 0. The summed E-state index contributed by atoms with van der Waals surface area (Å²) in [5, 5.41) is 0. The van der Waals surface area contributed by atoms with Crippen molar-refractivity contribution in [2.24, 2.45) is 5.41 Å². The number of hydrogen-bond acceptors (Lipinski definition) is 0. The maximum absolute atomic E-state index is 11.5. The Balaban J connectivity index is 3.75. The molecular formula is C6H10F3. The van der Waals surface area contributed by atoms with E-state index >= 15 is 0 Å². The second-order valence-electron chi connectivity index (χ2n) is 3.05. The molecule has 9 heavy (non-hydrogen) atoms. The highest BCUT2D eigenvalue weighted by molar-refractivity contribution is 4.86. The Morgan fingerprint density at radius 3 is 1.33 bits per heavy atom. The Labute approximate surface area is 53.1 Å². The molecule has 0 saturated carbocycles. The molecule has 0 amide bonds. The smallest absolute Gasteiger partial charge is 0.171 e. The molecule has 55 valence electrons. The molecule has 1 radical (unpaired) electrons. The van der Waals surface area contributed by atoms with Gasteiger partial charge in [0.2, 0.25) is 0 Å². The van der Waals surface area contributed by atoms with E-state index in [0.29, 0.717) is 6.42 Å². The van der Waals surface area contributed by atoms with Gasteiger partial charge in [0.15, 0.2) is 0 Å². The van der Waals surface area contributed by atoms with Crippen LogP contribution >= 0.6 is 0 Å². The van der Waals surface area contributed by atoms with Crippen LogP contribution in [0.1, 0.15) is 20.8 Å². The van der Waals surface area contributed by atoms with Gasteiger partial charge < -0.3 is 0 Å². The lowest BCUT2D eigenvalue weighted by molar-refractivity contribution is -0.108. The van der Waals surface area contributed by atoms with Crippen LogP contribution in [0.25, 0.3) is 0 Å². The number of alkyl halides is 3. The second-order valence-corrected chi connectivity index (χ2v) is 3.05. The molecule has 0 aliphatic rings. The first kappa shape index (κ1) is 8.79. The zero-order valence-corrected chi connectivity index (χ0v) is 5.71. The summed E-state index contributed by atoms with van der Waals surface area (Å²) in [5.74, 6) is 0. The Bertz CT molecular complexity index is 73.5. The zero-order chi connectivity index (χ0) is 7.71. The molecule has 0 aromatic carbocycles. The largest absolute Gasteiger partial charge is 0.392 e. The van der Waals surface area contributed by atoms with Gasteiger partial charge in [-0.25, -0.2) is 0 Å². The van der Waals surface area contributed by atoms with Gasteiger partial charge in [-0.15, -0.1) is 0 Å². The summed E-state index contributed by atoms with van der Waals surface area (Å²) in [5.41, 5.74) is -0.766. The van der Waals surface area contributed by atoms with Crippen molar-refractivity contribution in [3.63, 3.8) is 0 Å². The minimum atomic E-state index is -4.14. The molecule has 0 fully saturated rings. The third-order valence-electron chi connectivity index (χ3n) is 0.597. The monoisotopic (exact) mass is 139 g/mol. The van der Waals surface area contributed by atoms with Gasteiger partial charge in [0.1, 0.15) is 0 Å². The minimum Gasteiger partial charge on any atom is -0.171 e. The highest BCUT2D eigenvalue weighted by Crippen LogP contribution is 2.30. The van der Waals surface area contributed by atoms with Crippen molar-refractivity contribution in [1.82, 2.24) is 0 Å². The van der Waals surface area contributed by atoms with Crippen LogP contribution in [-0.2, 0) is 0 Å². The van der Waals surface area contributed by atoms with Crippen molar-refractivity contribution >= 4 is 0 Å². The minimum absolute atomic E-state index is 0.375. The topological polar surface area (TPSA) is 0 Å². The predicted molar refractivity (Wildman–Crippen MR) is 29.8 cm³/mol. The maximum Gasteiger partial charge on any atom is 0.392 e. The predicted octanol–water partition coefficient (Wildman–Crippen LogP) is 2.80. The quantitative estimate of drug-likeness (QED) is 0.484. The van der Waals surface area contributed by atoms with Crippen molar-refractivity contribution < 1.29 is 13.2 Å². The average molecular weight is 139 g/mol. The molecule has 0 spiro atoms. The Morgan fingerprint density at radius 2 is 1.33 bits per heavy atom. The van der Waals surface area contributed by atoms with E-state index in [1.165, 1.54) is 20.8 Å². The van der Waals surface area contributed by atoms with Crippen molar-refractivity contribution in [2.75, 3.05) is 0 Å². The van der Waals surface area contributed by atoms with Crippen molar-refractivity contribution in [2.45, 2.75) is 26.9 Å². The van der Waals surface area contributed by atoms with E-state index in [1.54, 1.807) is 0 Å². The molecule has 0 saturated heterocycles. The molecule has 0 bridgehead atoms. The summed E-state index contributed by atoms with van der Waals surface area (Å²) in [4.78, 5) is 0. The van der Waals surface area contributed by atoms with Gasteiger partial charge in [0, 0.05) is 0 Å². The normalized spacial score (nSPS) is 14.0. The lowest BCUT2D eigenvalue weighted by atomic mass is 9.92. The van der Waals surface area contributed by atoms with Gasteiger partial charge in [0.25, 0.3) is 0 Å². The van der Waals surface area contributed by atoms with Crippen molar-refractivity contribution in [3.05, 3.63) is 6.42 Å². The summed E-state index contributed by atoms with van der Waals surface area (Å²) in [7, 11) is 0. The molecule has 0 atom stereocenters. The lowest BCUT2D eigenvalue weighted by Gasteiger charge is -2.18. The highest BCUT2D eigenvalue weighted by atomic mass is 19.4. The second kappa shape index (κ2) is 2.20. The first-order chi connectivity index (χ1) is 3.71. The fraction of sp³-hybridized carbons (Fsp3) is 0.833. The number of halogens is 3. The third kappa shape index (κ3) is 7.79. The van der Waals surface area contributed by atoms with E-state index < -0.39 is 11.6 Å². The van der Waals surface area contributed by atoms with Crippen molar-refractivity contribution in [1.29, 1.82) is 0 Å². The molecule has 0 aliphatic carbocycles. The van der Waals surface area contributed by atoms with Gasteiger partial charge >= 0.3 is 6.18 Å². The molecule has 0 heterocycles. The molecule has 3 heteroatoms. The fourth-order valence-corrected chi connectivity index (χ4v) is 0.491. The fourth-order valence-electron chi connectivity index (χ4n) is 0.491. The SMILES string of the molecule is CC(C)(C)[CH]C(F)(F)F. The standard InChI is InChI=1S/C6H10F3/c1-5(2,3)4-6(7,8)9/h4H,1-3H3. The van der Waals surface area contributed by atoms with E-state index in [9.17, 15) is 13.2 Å². The molecular weight excluding hydrogens is 129 g/mol. The molecule has 0 aromatic rings. The van der Waals surface area contributed by atoms with Crippen LogP contribution < -0.4 is 0 Å². The molecule has 0 unspecified atom stereocenters. The van der Waals surface area contributed by atoms with Gasteiger partial charge in [-0.1, -0.05) is 20.8 Å². The maximum atomic E-state index is 11.5. The molecule has 0 nitrogen and oxygen atoms in total. The first-order valence-electron chi connectivity index (χ1n) is 2.64. The van der Waals surface area contributed by atoms with E-state index in [0.717, 1.165) is 0 Å². The van der Waals surface area contributed by atoms with Crippen LogP contribution in [0, 0.1) is 11.8 Å². The summed E-state index contributed by atoms with van der Waals surface area (Å²) < 4.78 is 34.5. The Morgan fingerprint density at radius 1 is 1.00 bits per heavy atom. The molecule has 0 aliphatic heterocycles. The summed E-state index contributed by atoms with van der Waals surface area (Å²) in [6.45, 7) is 4.54. The van der Waals surface area contributed by atoms with Crippen LogP contribution in [0.3, 0.4) is 0 Å². The zero-order valence-electron chi connectivity index (χ0n) is 5.71. The van der Waals surface area contributed by atoms with Gasteiger partial charge in [-0.2, -0.15) is 13.2 Å². The van der Waals surface area contributed by atoms with Crippen molar-refractivity contribution in [3.8, 4) is 0 Å². The van der Waals surface area contributed by atoms with Gasteiger partial charge in [-0.05, 0) is 5.41 Å². The molecule has 0 aromatic heterocycles. The van der Waals surface area contributed by atoms with E-state index in [2.05, 4.69) is 0 Å². The number of rotatable bonds is 0. The van der Waals surface area contributed by atoms with Crippen LogP contribution in [0.2, 0.25) is 0 Å². The van der Waals surface area contributed by atoms with E-state index in [4.69, 9.17) is 0 Å². The van der Waals surface area contributed by atoms with Gasteiger partial charge in [-0.3, -0.25) is 0 Å². The highest BCUT2D eigenvalue weighted by Gasteiger charge is 2.34. The molecule has 0 N–H and O–H groups in total.